The quantitative estimate of drug-likeness (QED) is 0.307. The van der Waals surface area contributed by atoms with Gasteiger partial charge in [0.2, 0.25) is 0 Å². The molecule has 5 heteroatoms. The Hall–Kier alpha value is -2.92. The second-order valence-corrected chi connectivity index (χ2v) is 7.42. The van der Waals surface area contributed by atoms with E-state index < -0.39 is 10.7 Å². The molecule has 0 unspecified atom stereocenters. The van der Waals surface area contributed by atoms with Gasteiger partial charge in [-0.05, 0) is 42.1 Å². The molecule has 0 saturated carbocycles. The van der Waals surface area contributed by atoms with E-state index in [1.165, 1.54) is 5.39 Å². The highest BCUT2D eigenvalue weighted by Crippen LogP contribution is 2.32. The number of aromatic nitrogens is 1. The zero-order chi connectivity index (χ0) is 18.6. The number of ether oxygens (including phenoxy) is 1. The van der Waals surface area contributed by atoms with Crippen molar-refractivity contribution in [2.24, 2.45) is 0 Å². The Balaban J connectivity index is 1.67. The molecule has 1 heterocycles. The first-order chi connectivity index (χ1) is 13.2. The lowest BCUT2D eigenvalue weighted by Crippen LogP contribution is -2.01. The van der Waals surface area contributed by atoms with Crippen LogP contribution in [0, 0.1) is 0 Å². The Bertz CT molecular complexity index is 1160. The lowest BCUT2D eigenvalue weighted by molar-refractivity contribution is 0.318. The van der Waals surface area contributed by atoms with Crippen LogP contribution in [0.5, 0.6) is 5.75 Å². The SMILES string of the molecule is O=[SH](=O)CCCOc1ccc(-c2nc3ccccc3c3ccccc23)cc1. The topological polar surface area (TPSA) is 56.3 Å². The number of fused-ring (bicyclic) bond motifs is 3. The Morgan fingerprint density at radius 3 is 2.19 bits per heavy atom. The molecule has 0 amide bonds. The molecule has 0 N–H and O–H groups in total. The van der Waals surface area contributed by atoms with Crippen LogP contribution >= 0.6 is 0 Å². The molecule has 4 aromatic rings. The van der Waals surface area contributed by atoms with Crippen molar-refractivity contribution in [3.8, 4) is 17.0 Å². The molecule has 0 aliphatic rings. The van der Waals surface area contributed by atoms with Gasteiger partial charge in [0.15, 0.2) is 0 Å². The fourth-order valence-corrected chi connectivity index (χ4v) is 3.60. The zero-order valence-electron chi connectivity index (χ0n) is 14.7. The van der Waals surface area contributed by atoms with Crippen molar-refractivity contribution in [2.45, 2.75) is 6.42 Å². The maximum Gasteiger partial charge on any atom is 0.140 e. The van der Waals surface area contributed by atoms with E-state index in [0.717, 1.165) is 33.3 Å². The summed E-state index contributed by atoms with van der Waals surface area (Å²) in [6, 6.07) is 24.2. The van der Waals surface area contributed by atoms with Crippen molar-refractivity contribution < 1.29 is 13.2 Å². The molecule has 0 bridgehead atoms. The highest BCUT2D eigenvalue weighted by molar-refractivity contribution is 7.72. The van der Waals surface area contributed by atoms with Crippen LogP contribution in [-0.2, 0) is 10.7 Å². The summed E-state index contributed by atoms with van der Waals surface area (Å²) >= 11 is 0. The second-order valence-electron chi connectivity index (χ2n) is 6.31. The molecular formula is C22H19NO3S. The van der Waals surface area contributed by atoms with Crippen LogP contribution in [0.2, 0.25) is 0 Å². The van der Waals surface area contributed by atoms with Crippen LogP contribution in [-0.4, -0.2) is 25.8 Å². The predicted octanol–water partition coefficient (Wildman–Crippen LogP) is 4.44. The highest BCUT2D eigenvalue weighted by Gasteiger charge is 2.09. The minimum Gasteiger partial charge on any atom is -0.494 e. The smallest absolute Gasteiger partial charge is 0.140 e. The summed E-state index contributed by atoms with van der Waals surface area (Å²) in [4.78, 5) is 4.89. The maximum absolute atomic E-state index is 10.6. The van der Waals surface area contributed by atoms with E-state index in [1.54, 1.807) is 0 Å². The fourth-order valence-electron chi connectivity index (χ4n) is 3.22. The lowest BCUT2D eigenvalue weighted by atomic mass is 10.00. The van der Waals surface area contributed by atoms with Gasteiger partial charge in [-0.1, -0.05) is 42.5 Å². The molecule has 0 aliphatic heterocycles. The number of thiol groups is 1. The zero-order valence-corrected chi connectivity index (χ0v) is 15.6. The van der Waals surface area contributed by atoms with Gasteiger partial charge in [-0.2, -0.15) is 0 Å². The summed E-state index contributed by atoms with van der Waals surface area (Å²) in [7, 11) is -2.34. The number of pyridine rings is 1. The van der Waals surface area contributed by atoms with Gasteiger partial charge in [0.25, 0.3) is 0 Å². The van der Waals surface area contributed by atoms with Crippen LogP contribution in [0.3, 0.4) is 0 Å². The summed E-state index contributed by atoms with van der Waals surface area (Å²) in [6.07, 6.45) is 0.497. The maximum atomic E-state index is 10.6. The summed E-state index contributed by atoms with van der Waals surface area (Å²) in [6.45, 7) is 0.389. The molecule has 0 fully saturated rings. The second kappa shape index (κ2) is 7.76. The minimum atomic E-state index is -2.34. The van der Waals surface area contributed by atoms with E-state index in [4.69, 9.17) is 9.72 Å². The van der Waals surface area contributed by atoms with E-state index >= 15 is 0 Å². The Kier molecular flexibility index (Phi) is 5.03. The van der Waals surface area contributed by atoms with Crippen LogP contribution in [0.4, 0.5) is 0 Å². The standard InChI is InChI=1S/C22H19NO3S/c24-27(25)15-5-14-26-17-12-10-16(11-13-17)22-20-8-2-1-6-18(20)19-7-3-4-9-21(19)23-22/h1-4,6-13,27H,5,14-15H2. The molecule has 0 atom stereocenters. The first-order valence-electron chi connectivity index (χ1n) is 8.85. The van der Waals surface area contributed by atoms with Crippen LogP contribution in [0.15, 0.2) is 72.8 Å². The number of para-hydroxylation sites is 1. The molecule has 0 spiro atoms. The third-order valence-electron chi connectivity index (χ3n) is 4.49. The summed E-state index contributed by atoms with van der Waals surface area (Å²) in [5, 5.41) is 3.45. The van der Waals surface area contributed by atoms with Gasteiger partial charge in [-0.15, -0.1) is 0 Å². The fraction of sp³-hybridized carbons (Fsp3) is 0.136. The minimum absolute atomic E-state index is 0.153. The molecule has 4 nitrogen and oxygen atoms in total. The third kappa shape index (κ3) is 3.78. The van der Waals surface area contributed by atoms with E-state index in [-0.39, 0.29) is 5.75 Å². The van der Waals surface area contributed by atoms with E-state index in [0.29, 0.717) is 13.0 Å². The summed E-state index contributed by atoms with van der Waals surface area (Å²) < 4.78 is 26.8. The van der Waals surface area contributed by atoms with E-state index in [2.05, 4.69) is 18.2 Å². The Morgan fingerprint density at radius 2 is 1.44 bits per heavy atom. The van der Waals surface area contributed by atoms with Crippen molar-refractivity contribution in [3.05, 3.63) is 72.8 Å². The van der Waals surface area contributed by atoms with Crippen LogP contribution < -0.4 is 4.74 Å². The largest absolute Gasteiger partial charge is 0.494 e. The Morgan fingerprint density at radius 1 is 0.778 bits per heavy atom. The lowest BCUT2D eigenvalue weighted by Gasteiger charge is -2.11. The number of hydrogen-bond acceptors (Lipinski definition) is 4. The molecule has 27 heavy (non-hydrogen) atoms. The monoisotopic (exact) mass is 377 g/mol. The van der Waals surface area contributed by atoms with Crippen LogP contribution in [0.1, 0.15) is 6.42 Å². The molecule has 1 aromatic heterocycles. The number of hydrogen-bond donors (Lipinski definition) is 1. The van der Waals surface area contributed by atoms with Gasteiger partial charge < -0.3 is 4.74 Å². The highest BCUT2D eigenvalue weighted by atomic mass is 32.2. The molecular weight excluding hydrogens is 358 g/mol. The van der Waals surface area contributed by atoms with Gasteiger partial charge in [0, 0.05) is 16.3 Å². The third-order valence-corrected chi connectivity index (χ3v) is 5.17. The number of rotatable bonds is 6. The summed E-state index contributed by atoms with van der Waals surface area (Å²) in [5.74, 6) is 0.880. The van der Waals surface area contributed by atoms with E-state index in [1.807, 2.05) is 54.6 Å². The van der Waals surface area contributed by atoms with Crippen molar-refractivity contribution in [1.29, 1.82) is 0 Å². The van der Waals surface area contributed by atoms with Gasteiger partial charge in [-0.25, -0.2) is 13.4 Å². The normalized spacial score (nSPS) is 11.3. The first kappa shape index (κ1) is 17.5. The van der Waals surface area contributed by atoms with Gasteiger partial charge in [0.05, 0.1) is 23.6 Å². The van der Waals surface area contributed by atoms with Crippen molar-refractivity contribution >= 4 is 32.4 Å². The van der Waals surface area contributed by atoms with Gasteiger partial charge in [0.1, 0.15) is 16.5 Å². The van der Waals surface area contributed by atoms with Crippen LogP contribution in [0.25, 0.3) is 32.9 Å². The number of benzene rings is 3. The van der Waals surface area contributed by atoms with Gasteiger partial charge >= 0.3 is 0 Å². The van der Waals surface area contributed by atoms with Crippen molar-refractivity contribution in [2.75, 3.05) is 12.4 Å². The molecule has 4 rings (SSSR count). The summed E-state index contributed by atoms with van der Waals surface area (Å²) in [5.41, 5.74) is 2.93. The molecule has 0 aliphatic carbocycles. The average molecular weight is 377 g/mol. The molecule has 0 radical (unpaired) electrons. The molecule has 136 valence electrons. The van der Waals surface area contributed by atoms with Crippen molar-refractivity contribution in [1.82, 2.24) is 4.98 Å². The molecule has 0 saturated heterocycles. The first-order valence-corrected chi connectivity index (χ1v) is 10.2. The average Bonchev–Trinajstić information content (AvgIpc) is 2.71. The predicted molar refractivity (Wildman–Crippen MR) is 110 cm³/mol. The Labute approximate surface area is 159 Å². The number of nitrogens with zero attached hydrogens (tertiary/aromatic N) is 1. The van der Waals surface area contributed by atoms with E-state index in [9.17, 15) is 8.42 Å². The van der Waals surface area contributed by atoms with Gasteiger partial charge in [-0.3, -0.25) is 0 Å². The molecule has 3 aromatic carbocycles. The van der Waals surface area contributed by atoms with Crippen molar-refractivity contribution in [3.63, 3.8) is 0 Å².